The van der Waals surface area contributed by atoms with E-state index in [-0.39, 0.29) is 6.04 Å². The molecule has 2 heterocycles. The summed E-state index contributed by atoms with van der Waals surface area (Å²) in [6.07, 6.45) is 1.71. The van der Waals surface area contributed by atoms with Gasteiger partial charge < -0.3 is 5.32 Å². The van der Waals surface area contributed by atoms with Crippen molar-refractivity contribution in [3.8, 4) is 0 Å². The van der Waals surface area contributed by atoms with Crippen LogP contribution in [-0.4, -0.2) is 10.7 Å². The number of nitrogens with zero attached hydrogens (tertiary/aromatic N) is 1. The minimum Gasteiger partial charge on any atom is -0.375 e. The Labute approximate surface area is 130 Å². The minimum atomic E-state index is 0.281. The van der Waals surface area contributed by atoms with Crippen LogP contribution in [0.4, 0.5) is 5.69 Å². The van der Waals surface area contributed by atoms with E-state index in [0.717, 1.165) is 21.7 Å². The summed E-state index contributed by atoms with van der Waals surface area (Å²) >= 11 is 11.5. The molecule has 0 amide bonds. The monoisotopic (exact) mass is 354 g/mol. The SMILES string of the molecule is Clc1ncc(Br)cc1NC1CSCc2ccccc21. The number of pyridine rings is 1. The molecule has 3 rings (SSSR count). The molecule has 0 spiro atoms. The second kappa shape index (κ2) is 5.73. The molecule has 1 N–H and O–H groups in total. The molecule has 2 aromatic rings. The van der Waals surface area contributed by atoms with Gasteiger partial charge in [0.05, 0.1) is 11.7 Å². The van der Waals surface area contributed by atoms with Gasteiger partial charge in [-0.05, 0) is 33.1 Å². The van der Waals surface area contributed by atoms with Crippen LogP contribution in [0.2, 0.25) is 5.15 Å². The van der Waals surface area contributed by atoms with E-state index in [1.807, 2.05) is 17.8 Å². The van der Waals surface area contributed by atoms with Crippen LogP contribution >= 0.6 is 39.3 Å². The molecule has 1 aliphatic rings. The van der Waals surface area contributed by atoms with Gasteiger partial charge in [-0.15, -0.1) is 0 Å². The standard InChI is InChI=1S/C14H12BrClN2S/c15-10-5-12(14(16)17-6-10)18-13-8-19-7-9-3-1-2-4-11(9)13/h1-6,13,18H,7-8H2. The summed E-state index contributed by atoms with van der Waals surface area (Å²) in [5, 5.41) is 4.01. The second-order valence-electron chi connectivity index (χ2n) is 4.40. The van der Waals surface area contributed by atoms with Gasteiger partial charge in [0, 0.05) is 22.2 Å². The fourth-order valence-corrected chi connectivity index (χ4v) is 3.80. The first-order valence-corrected chi connectivity index (χ1v) is 8.30. The molecule has 0 bridgehead atoms. The van der Waals surface area contributed by atoms with Gasteiger partial charge in [0.1, 0.15) is 0 Å². The van der Waals surface area contributed by atoms with Crippen LogP contribution in [-0.2, 0) is 5.75 Å². The maximum atomic E-state index is 6.14. The molecule has 5 heteroatoms. The zero-order chi connectivity index (χ0) is 13.2. The highest BCUT2D eigenvalue weighted by Gasteiger charge is 2.20. The largest absolute Gasteiger partial charge is 0.375 e. The zero-order valence-corrected chi connectivity index (χ0v) is 13.2. The van der Waals surface area contributed by atoms with Crippen LogP contribution < -0.4 is 5.32 Å². The Kier molecular flexibility index (Phi) is 4.01. The summed E-state index contributed by atoms with van der Waals surface area (Å²) in [6, 6.07) is 10.8. The van der Waals surface area contributed by atoms with Gasteiger partial charge in [-0.3, -0.25) is 0 Å². The van der Waals surface area contributed by atoms with Crippen LogP contribution in [0.3, 0.4) is 0 Å². The first-order chi connectivity index (χ1) is 9.24. The summed E-state index contributed by atoms with van der Waals surface area (Å²) in [7, 11) is 0. The molecule has 0 fully saturated rings. The quantitative estimate of drug-likeness (QED) is 0.776. The van der Waals surface area contributed by atoms with Crippen molar-refractivity contribution in [3.63, 3.8) is 0 Å². The Morgan fingerprint density at radius 1 is 1.37 bits per heavy atom. The molecule has 2 nitrogen and oxygen atoms in total. The molecule has 1 atom stereocenters. The molecule has 1 unspecified atom stereocenters. The van der Waals surface area contributed by atoms with Gasteiger partial charge in [-0.25, -0.2) is 4.98 Å². The van der Waals surface area contributed by atoms with Crippen LogP contribution in [0.15, 0.2) is 41.0 Å². The Balaban J connectivity index is 1.90. The summed E-state index contributed by atoms with van der Waals surface area (Å²) in [4.78, 5) is 4.15. The number of aromatic nitrogens is 1. The smallest absolute Gasteiger partial charge is 0.152 e. The number of fused-ring (bicyclic) bond motifs is 1. The van der Waals surface area contributed by atoms with Gasteiger partial charge in [-0.1, -0.05) is 35.9 Å². The molecule has 0 saturated heterocycles. The van der Waals surface area contributed by atoms with Gasteiger partial charge >= 0.3 is 0 Å². The number of anilines is 1. The van der Waals surface area contributed by atoms with Gasteiger partial charge in [-0.2, -0.15) is 11.8 Å². The van der Waals surface area contributed by atoms with Crippen molar-refractivity contribution in [3.05, 3.63) is 57.3 Å². The maximum Gasteiger partial charge on any atom is 0.152 e. The van der Waals surface area contributed by atoms with E-state index in [2.05, 4.69) is 50.5 Å². The predicted molar refractivity (Wildman–Crippen MR) is 85.9 cm³/mol. The van der Waals surface area contributed by atoms with E-state index in [4.69, 9.17) is 11.6 Å². The lowest BCUT2D eigenvalue weighted by atomic mass is 10.0. The molecule has 98 valence electrons. The number of rotatable bonds is 2. The molecule has 1 aliphatic heterocycles. The molecule has 1 aromatic heterocycles. The first kappa shape index (κ1) is 13.3. The highest BCUT2D eigenvalue weighted by Crippen LogP contribution is 2.35. The third-order valence-corrected chi connectivity index (χ3v) is 4.93. The highest BCUT2D eigenvalue weighted by atomic mass is 79.9. The molecule has 0 radical (unpaired) electrons. The van der Waals surface area contributed by atoms with Crippen LogP contribution in [0.1, 0.15) is 17.2 Å². The van der Waals surface area contributed by atoms with Crippen LogP contribution in [0.25, 0.3) is 0 Å². The van der Waals surface area contributed by atoms with Crippen molar-refractivity contribution >= 4 is 45.0 Å². The molecule has 1 aromatic carbocycles. The predicted octanol–water partition coefficient (Wildman–Crippen LogP) is 4.90. The lowest BCUT2D eigenvalue weighted by Crippen LogP contribution is -2.19. The Morgan fingerprint density at radius 3 is 3.11 bits per heavy atom. The van der Waals surface area contributed by atoms with Crippen molar-refractivity contribution in [1.82, 2.24) is 4.98 Å². The lowest BCUT2D eigenvalue weighted by molar-refractivity contribution is 0.869. The average Bonchev–Trinajstić information content (AvgIpc) is 2.43. The van der Waals surface area contributed by atoms with E-state index in [0.29, 0.717) is 5.15 Å². The Hall–Kier alpha value is -0.710. The number of benzene rings is 1. The summed E-state index contributed by atoms with van der Waals surface area (Å²) in [6.45, 7) is 0. The van der Waals surface area contributed by atoms with E-state index in [1.54, 1.807) is 6.20 Å². The second-order valence-corrected chi connectivity index (χ2v) is 6.71. The molecule has 0 aliphatic carbocycles. The van der Waals surface area contributed by atoms with E-state index < -0.39 is 0 Å². The fourth-order valence-electron chi connectivity index (χ4n) is 2.21. The summed E-state index contributed by atoms with van der Waals surface area (Å²) in [5.41, 5.74) is 3.63. The van der Waals surface area contributed by atoms with Gasteiger partial charge in [0.25, 0.3) is 0 Å². The van der Waals surface area contributed by atoms with Crippen molar-refractivity contribution in [2.24, 2.45) is 0 Å². The van der Waals surface area contributed by atoms with E-state index in [9.17, 15) is 0 Å². The lowest BCUT2D eigenvalue weighted by Gasteiger charge is -2.27. The third kappa shape index (κ3) is 2.91. The highest BCUT2D eigenvalue weighted by molar-refractivity contribution is 9.10. The van der Waals surface area contributed by atoms with Crippen molar-refractivity contribution in [2.45, 2.75) is 11.8 Å². The normalized spacial score (nSPS) is 17.9. The van der Waals surface area contributed by atoms with E-state index >= 15 is 0 Å². The average molecular weight is 356 g/mol. The minimum absolute atomic E-state index is 0.281. The zero-order valence-electron chi connectivity index (χ0n) is 10.1. The van der Waals surface area contributed by atoms with Gasteiger partial charge in [0.15, 0.2) is 5.15 Å². The van der Waals surface area contributed by atoms with E-state index in [1.165, 1.54) is 11.1 Å². The van der Waals surface area contributed by atoms with Crippen LogP contribution in [0, 0.1) is 0 Å². The third-order valence-electron chi connectivity index (χ3n) is 3.11. The number of hydrogen-bond donors (Lipinski definition) is 1. The molecular weight excluding hydrogens is 344 g/mol. The summed E-state index contributed by atoms with van der Waals surface area (Å²) in [5.74, 6) is 2.12. The number of thioether (sulfide) groups is 1. The Morgan fingerprint density at radius 2 is 2.21 bits per heavy atom. The molecular formula is C14H12BrClN2S. The van der Waals surface area contributed by atoms with Crippen molar-refractivity contribution < 1.29 is 0 Å². The number of nitrogens with one attached hydrogen (secondary N) is 1. The maximum absolute atomic E-state index is 6.14. The topological polar surface area (TPSA) is 24.9 Å². The number of halogens is 2. The van der Waals surface area contributed by atoms with Crippen molar-refractivity contribution in [2.75, 3.05) is 11.1 Å². The number of hydrogen-bond acceptors (Lipinski definition) is 3. The summed E-state index contributed by atoms with van der Waals surface area (Å²) < 4.78 is 0.927. The van der Waals surface area contributed by atoms with Crippen LogP contribution in [0.5, 0.6) is 0 Å². The Bertz CT molecular complexity index is 606. The molecule has 19 heavy (non-hydrogen) atoms. The van der Waals surface area contributed by atoms with Gasteiger partial charge in [0.2, 0.25) is 0 Å². The molecule has 0 saturated carbocycles. The first-order valence-electron chi connectivity index (χ1n) is 5.97. The van der Waals surface area contributed by atoms with Crippen molar-refractivity contribution in [1.29, 1.82) is 0 Å². The fraction of sp³-hybridized carbons (Fsp3) is 0.214.